The van der Waals surface area contributed by atoms with Crippen molar-refractivity contribution >= 4 is 23.2 Å². The summed E-state index contributed by atoms with van der Waals surface area (Å²) in [6.07, 6.45) is 19.9. The van der Waals surface area contributed by atoms with Gasteiger partial charge < -0.3 is 25.0 Å². The third-order valence-corrected chi connectivity index (χ3v) is 14.6. The number of ether oxygens (including phenoxy) is 1. The van der Waals surface area contributed by atoms with Crippen LogP contribution in [0.3, 0.4) is 0 Å². The van der Waals surface area contributed by atoms with Gasteiger partial charge in [-0.15, -0.1) is 5.92 Å². The van der Waals surface area contributed by atoms with Gasteiger partial charge in [0.15, 0.2) is 5.78 Å². The Kier molecular flexibility index (Phi) is 16.1. The van der Waals surface area contributed by atoms with Crippen molar-refractivity contribution in [3.8, 4) is 11.8 Å². The van der Waals surface area contributed by atoms with Crippen molar-refractivity contribution in [1.82, 2.24) is 0 Å². The fourth-order valence-electron chi connectivity index (χ4n) is 11.2. The minimum Gasteiger partial charge on any atom is -0.469 e. The Bertz CT molecular complexity index is 1790. The number of anilines is 1. The third kappa shape index (κ3) is 10.9. The van der Waals surface area contributed by atoms with E-state index in [2.05, 4.69) is 73.7 Å². The molecule has 3 N–H and O–H groups in total. The number of aliphatic hydroxyl groups is 3. The molecule has 1 aromatic rings. The molecule has 0 heterocycles. The molecule has 0 aliphatic heterocycles. The largest absolute Gasteiger partial charge is 0.469 e. The van der Waals surface area contributed by atoms with E-state index in [1.807, 2.05) is 32.1 Å². The molecule has 5 aliphatic rings. The predicted molar refractivity (Wildman–Crippen MR) is 236 cm³/mol. The molecule has 0 radical (unpaired) electrons. The van der Waals surface area contributed by atoms with Crippen molar-refractivity contribution in [3.05, 3.63) is 64.8 Å². The van der Waals surface area contributed by atoms with Crippen LogP contribution < -0.4 is 4.90 Å². The molecule has 0 spiro atoms. The number of hydrogen-bond acceptors (Lipinski definition) is 8. The summed E-state index contributed by atoms with van der Waals surface area (Å²) in [5.41, 5.74) is 4.99. The summed E-state index contributed by atoms with van der Waals surface area (Å²) in [5, 5.41) is 32.3. The number of rotatable bonds is 15. The number of Topliss-reactive ketones (excluding diaryl/α,β-unsaturated/α-hetero) is 1. The summed E-state index contributed by atoms with van der Waals surface area (Å²) in [4.78, 5) is 37.6. The lowest BCUT2D eigenvalue weighted by atomic mass is 9.51. The second-order valence-corrected chi connectivity index (χ2v) is 18.9. The number of benzene rings is 1. The van der Waals surface area contributed by atoms with Gasteiger partial charge in [0.25, 0.3) is 0 Å². The van der Waals surface area contributed by atoms with Crippen LogP contribution in [0, 0.1) is 40.9 Å². The Morgan fingerprint density at radius 1 is 1.05 bits per heavy atom. The van der Waals surface area contributed by atoms with E-state index >= 15 is 0 Å². The lowest BCUT2D eigenvalue weighted by molar-refractivity contribution is -0.140. The fourth-order valence-corrected chi connectivity index (χ4v) is 11.2. The normalized spacial score (nSPS) is 30.9. The van der Waals surface area contributed by atoms with Gasteiger partial charge in [-0.2, -0.15) is 0 Å². The van der Waals surface area contributed by atoms with E-state index < -0.39 is 17.3 Å². The van der Waals surface area contributed by atoms with Crippen molar-refractivity contribution in [2.45, 2.75) is 166 Å². The number of allylic oxidation sites excluding steroid dienone is 4. The average molecular weight is 812 g/mol. The number of methoxy groups -OCH3 is 1. The summed E-state index contributed by atoms with van der Waals surface area (Å²) in [5.74, 6) is 7.45. The number of esters is 1. The molecular formula is C51H73NO7. The highest BCUT2D eigenvalue weighted by atomic mass is 16.5. The van der Waals surface area contributed by atoms with Crippen molar-refractivity contribution in [3.63, 3.8) is 0 Å². The molecule has 1 unspecified atom stereocenters. The van der Waals surface area contributed by atoms with Crippen LogP contribution in [0.5, 0.6) is 0 Å². The lowest BCUT2D eigenvalue weighted by Gasteiger charge is -2.53. The van der Waals surface area contributed by atoms with Crippen molar-refractivity contribution in [2.24, 2.45) is 29.1 Å². The Morgan fingerprint density at radius 3 is 2.46 bits per heavy atom. The highest BCUT2D eigenvalue weighted by Gasteiger charge is 2.62. The van der Waals surface area contributed by atoms with Gasteiger partial charge in [-0.3, -0.25) is 14.4 Å². The molecule has 3 fully saturated rings. The van der Waals surface area contributed by atoms with Crippen LogP contribution in [-0.2, 0) is 19.1 Å². The van der Waals surface area contributed by atoms with Crippen LogP contribution >= 0.6 is 0 Å². The molecule has 324 valence electrons. The zero-order chi connectivity index (χ0) is 43.0. The van der Waals surface area contributed by atoms with Crippen LogP contribution in [-0.4, -0.2) is 71.4 Å². The minimum atomic E-state index is -0.914. The monoisotopic (exact) mass is 812 g/mol. The van der Waals surface area contributed by atoms with Gasteiger partial charge in [-0.25, -0.2) is 0 Å². The standard InChI is InChI=1S/C29H35NO2.C22H38O5/c1-5-15-29(32)16-14-26-24-12-8-20-17-22(31)11-13-23(20)27(24)25(18-28(26,29)2)19-6-9-21(10-7-19)30(3)4;1-4-5-14-22(2,26)15-10-12-18-17(19(23)16-20(18)24)11-8-6-7-9-13-21(25)27-3/h6-7,9-10,17,24-26,32H,8,11-14,16,18H2,1-4H3;10,12,17-18,20,24,26H,4-9,11,13-16H2,1-3H3/b;12-10+/t24-,25+,26-,28-,29-;17-,18-,20-,22?/m01/s1. The number of nitrogens with zero attached hydrogens (tertiary/aromatic N) is 1. The number of carbonyl (C=O) groups excluding carboxylic acids is 3. The van der Waals surface area contributed by atoms with Gasteiger partial charge in [0.1, 0.15) is 11.4 Å². The third-order valence-electron chi connectivity index (χ3n) is 14.6. The maximum atomic E-state index is 12.2. The van der Waals surface area contributed by atoms with Crippen molar-refractivity contribution in [2.75, 3.05) is 26.1 Å². The molecule has 59 heavy (non-hydrogen) atoms. The summed E-state index contributed by atoms with van der Waals surface area (Å²) in [6.45, 7) is 8.09. The van der Waals surface area contributed by atoms with Crippen LogP contribution in [0.1, 0.15) is 155 Å². The summed E-state index contributed by atoms with van der Waals surface area (Å²) in [6, 6.07) is 8.97. The molecule has 6 rings (SSSR count). The molecular weight excluding hydrogens is 739 g/mol. The van der Waals surface area contributed by atoms with Gasteiger partial charge in [-0.05, 0) is 125 Å². The molecule has 0 amide bonds. The van der Waals surface area contributed by atoms with E-state index in [4.69, 9.17) is 0 Å². The summed E-state index contributed by atoms with van der Waals surface area (Å²) in [7, 11) is 5.54. The number of aliphatic hydroxyl groups excluding tert-OH is 1. The highest BCUT2D eigenvalue weighted by Crippen LogP contribution is 2.66. The van der Waals surface area contributed by atoms with E-state index in [-0.39, 0.29) is 47.1 Å². The van der Waals surface area contributed by atoms with Crippen molar-refractivity contribution in [1.29, 1.82) is 0 Å². The summed E-state index contributed by atoms with van der Waals surface area (Å²) < 4.78 is 4.62. The highest BCUT2D eigenvalue weighted by molar-refractivity contribution is 5.93. The second kappa shape index (κ2) is 20.4. The van der Waals surface area contributed by atoms with Gasteiger partial charge in [0.2, 0.25) is 0 Å². The van der Waals surface area contributed by atoms with Crippen LogP contribution in [0.4, 0.5) is 5.69 Å². The lowest BCUT2D eigenvalue weighted by Crippen LogP contribution is -2.51. The molecule has 0 aromatic heterocycles. The van der Waals surface area contributed by atoms with Gasteiger partial charge >= 0.3 is 5.97 Å². The molecule has 0 saturated heterocycles. The molecule has 9 atom stereocenters. The smallest absolute Gasteiger partial charge is 0.305 e. The molecule has 8 heteroatoms. The zero-order valence-corrected chi connectivity index (χ0v) is 37.2. The first-order valence-corrected chi connectivity index (χ1v) is 22.6. The van der Waals surface area contributed by atoms with Gasteiger partial charge in [0, 0.05) is 62.2 Å². The predicted octanol–water partition coefficient (Wildman–Crippen LogP) is 9.36. The molecule has 0 bridgehead atoms. The number of unbranched alkanes of at least 4 members (excludes halogenated alkanes) is 4. The number of fused-ring (bicyclic) bond motifs is 4. The summed E-state index contributed by atoms with van der Waals surface area (Å²) >= 11 is 0. The molecule has 8 nitrogen and oxygen atoms in total. The number of ketones is 2. The molecule has 5 aliphatic carbocycles. The van der Waals surface area contributed by atoms with Gasteiger partial charge in [0.05, 0.1) is 18.8 Å². The van der Waals surface area contributed by atoms with E-state index in [0.29, 0.717) is 31.1 Å². The Hall–Kier alpha value is -3.51. The first-order valence-electron chi connectivity index (χ1n) is 22.6. The Morgan fingerprint density at radius 2 is 1.78 bits per heavy atom. The van der Waals surface area contributed by atoms with Crippen LogP contribution in [0.2, 0.25) is 0 Å². The SMILES string of the molecule is CC#C[C@]1(O)CC[C@H]2[C@@H]3CCC4=CC(=O)CCC4=C3[C@@H](c3ccc(N(C)C)cc3)C[C@@]21C.CCCCC(C)(O)C/C=C/[C@H]1[C@H](O)CC(=O)[C@@H]1CCCCCCC(=O)OC. The van der Waals surface area contributed by atoms with E-state index in [9.17, 15) is 29.7 Å². The van der Waals surface area contributed by atoms with Gasteiger partial charge in [-0.1, -0.05) is 81.7 Å². The quantitative estimate of drug-likeness (QED) is 0.0693. The maximum absolute atomic E-state index is 12.2. The minimum absolute atomic E-state index is 0.127. The second-order valence-electron chi connectivity index (χ2n) is 18.9. The average Bonchev–Trinajstić information content (AvgIpc) is 3.63. The first kappa shape index (κ1) is 46.6. The first-order chi connectivity index (χ1) is 28.1. The zero-order valence-electron chi connectivity index (χ0n) is 37.2. The van der Waals surface area contributed by atoms with Crippen molar-refractivity contribution < 1.29 is 34.4 Å². The van der Waals surface area contributed by atoms with E-state index in [1.54, 1.807) is 5.57 Å². The molecule has 3 saturated carbocycles. The fraction of sp³-hybridized carbons (Fsp3) is 0.667. The number of carbonyl (C=O) groups is 3. The maximum Gasteiger partial charge on any atom is 0.305 e. The Balaban J connectivity index is 0.000000229. The van der Waals surface area contributed by atoms with Crippen LogP contribution in [0.25, 0.3) is 0 Å². The van der Waals surface area contributed by atoms with Crippen LogP contribution in [0.15, 0.2) is 59.2 Å². The van der Waals surface area contributed by atoms with E-state index in [0.717, 1.165) is 89.9 Å². The molecule has 1 aromatic carbocycles. The number of hydrogen-bond donors (Lipinski definition) is 3. The Labute approximate surface area is 355 Å². The topological polar surface area (TPSA) is 124 Å². The van der Waals surface area contributed by atoms with E-state index in [1.165, 1.54) is 29.5 Å².